The molecule has 0 fully saturated rings. The van der Waals surface area contributed by atoms with Crippen LogP contribution >= 0.6 is 34.3 Å². The average Bonchev–Trinajstić information content (AvgIpc) is 3.31. The Labute approximate surface area is 181 Å². The van der Waals surface area contributed by atoms with E-state index < -0.39 is 0 Å². The normalized spacial score (nSPS) is 11.3. The van der Waals surface area contributed by atoms with Crippen LogP contribution in [0.4, 0.5) is 0 Å². The summed E-state index contributed by atoms with van der Waals surface area (Å²) in [7, 11) is 0. The van der Waals surface area contributed by atoms with E-state index in [0.29, 0.717) is 22.3 Å². The highest BCUT2D eigenvalue weighted by molar-refractivity contribution is 7.17. The zero-order valence-corrected chi connectivity index (χ0v) is 18.5. The Morgan fingerprint density at radius 3 is 2.76 bits per heavy atom. The SMILES string of the molecule is CCCCOc1c(-c2ncc(Cc3ccc(Cl)cc3)s2)nc2sc(C)cn2c1=O. The molecular weight excluding hydrogens is 426 g/mol. The highest BCUT2D eigenvalue weighted by atomic mass is 35.5. The molecule has 5 nitrogen and oxygen atoms in total. The van der Waals surface area contributed by atoms with Crippen molar-refractivity contribution in [2.75, 3.05) is 6.61 Å². The highest BCUT2D eigenvalue weighted by Gasteiger charge is 2.20. The molecule has 0 aliphatic carbocycles. The molecule has 0 bridgehead atoms. The molecule has 8 heteroatoms. The van der Waals surface area contributed by atoms with Crippen LogP contribution in [-0.4, -0.2) is 21.0 Å². The zero-order chi connectivity index (χ0) is 20.4. The van der Waals surface area contributed by atoms with Gasteiger partial charge in [0.05, 0.1) is 6.61 Å². The van der Waals surface area contributed by atoms with E-state index >= 15 is 0 Å². The summed E-state index contributed by atoms with van der Waals surface area (Å²) in [5, 5.41) is 1.42. The van der Waals surface area contributed by atoms with Gasteiger partial charge < -0.3 is 4.74 Å². The van der Waals surface area contributed by atoms with Crippen molar-refractivity contribution in [3.05, 3.63) is 67.4 Å². The number of aryl methyl sites for hydroxylation is 1. The standard InChI is InChI=1S/C21H20ClN3O2S2/c1-3-4-9-27-18-17(24-21-25(20(18)26)12-13(2)28-21)19-23-11-16(29-19)10-14-5-7-15(22)8-6-14/h5-8,11-12H,3-4,9-10H2,1-2H3. The molecule has 4 rings (SSSR count). The summed E-state index contributed by atoms with van der Waals surface area (Å²) in [6.07, 6.45) is 6.27. The van der Waals surface area contributed by atoms with Gasteiger partial charge in [0, 0.05) is 33.6 Å². The van der Waals surface area contributed by atoms with Crippen LogP contribution in [0.5, 0.6) is 5.75 Å². The van der Waals surface area contributed by atoms with Crippen molar-refractivity contribution >= 4 is 39.2 Å². The Balaban J connectivity index is 1.72. The van der Waals surface area contributed by atoms with E-state index in [4.69, 9.17) is 21.3 Å². The summed E-state index contributed by atoms with van der Waals surface area (Å²) in [6.45, 7) is 4.53. The van der Waals surface area contributed by atoms with Crippen molar-refractivity contribution in [2.24, 2.45) is 0 Å². The molecule has 150 valence electrons. The highest BCUT2D eigenvalue weighted by Crippen LogP contribution is 2.32. The van der Waals surface area contributed by atoms with Gasteiger partial charge in [-0.25, -0.2) is 9.97 Å². The number of benzene rings is 1. The second-order valence-electron chi connectivity index (χ2n) is 6.73. The maximum atomic E-state index is 13.0. The Morgan fingerprint density at radius 2 is 2.00 bits per heavy atom. The number of thiazole rings is 2. The molecule has 0 radical (unpaired) electrons. The van der Waals surface area contributed by atoms with Gasteiger partial charge in [-0.3, -0.25) is 9.20 Å². The van der Waals surface area contributed by atoms with Gasteiger partial charge in [0.15, 0.2) is 4.96 Å². The van der Waals surface area contributed by atoms with Crippen molar-refractivity contribution in [3.63, 3.8) is 0 Å². The molecule has 29 heavy (non-hydrogen) atoms. The van der Waals surface area contributed by atoms with Crippen molar-refractivity contribution in [2.45, 2.75) is 33.1 Å². The number of rotatable bonds is 7. The van der Waals surface area contributed by atoms with Gasteiger partial charge >= 0.3 is 5.56 Å². The van der Waals surface area contributed by atoms with E-state index in [2.05, 4.69) is 11.9 Å². The molecule has 0 aliphatic heterocycles. The number of unbranched alkanes of at least 4 members (excludes halogenated alkanes) is 1. The second kappa shape index (κ2) is 8.65. The number of halogens is 1. The summed E-state index contributed by atoms with van der Waals surface area (Å²) < 4.78 is 7.44. The van der Waals surface area contributed by atoms with E-state index in [1.54, 1.807) is 10.6 Å². The molecule has 0 saturated heterocycles. The number of nitrogens with zero attached hydrogens (tertiary/aromatic N) is 3. The monoisotopic (exact) mass is 445 g/mol. The summed E-state index contributed by atoms with van der Waals surface area (Å²) in [5.74, 6) is 0.279. The molecule has 0 aliphatic rings. The van der Waals surface area contributed by atoms with Crippen molar-refractivity contribution in [1.29, 1.82) is 0 Å². The number of hydrogen-bond donors (Lipinski definition) is 0. The lowest BCUT2D eigenvalue weighted by atomic mass is 10.1. The molecule has 3 aromatic heterocycles. The fourth-order valence-electron chi connectivity index (χ4n) is 2.93. The molecule has 4 aromatic rings. The number of fused-ring (bicyclic) bond motifs is 1. The lowest BCUT2D eigenvalue weighted by Gasteiger charge is -2.08. The number of ether oxygens (including phenoxy) is 1. The lowest BCUT2D eigenvalue weighted by molar-refractivity contribution is 0.305. The summed E-state index contributed by atoms with van der Waals surface area (Å²) in [5.41, 5.74) is 1.50. The Bertz CT molecular complexity index is 1200. The van der Waals surface area contributed by atoms with Gasteiger partial charge in [-0.05, 0) is 31.0 Å². The Hall–Kier alpha value is -2.22. The molecular formula is C21H20ClN3O2S2. The first-order valence-electron chi connectivity index (χ1n) is 9.40. The van der Waals surface area contributed by atoms with Crippen molar-refractivity contribution in [1.82, 2.24) is 14.4 Å². The minimum absolute atomic E-state index is 0.181. The van der Waals surface area contributed by atoms with Crippen LogP contribution in [-0.2, 0) is 6.42 Å². The van der Waals surface area contributed by atoms with Gasteiger partial charge in [0.25, 0.3) is 0 Å². The summed E-state index contributed by atoms with van der Waals surface area (Å²) in [4.78, 5) is 25.1. The van der Waals surface area contributed by atoms with Crippen LogP contribution in [0.15, 0.2) is 41.5 Å². The minimum Gasteiger partial charge on any atom is -0.486 e. The maximum Gasteiger partial charge on any atom is 0.301 e. The first-order valence-corrected chi connectivity index (χ1v) is 11.4. The third-order valence-electron chi connectivity index (χ3n) is 4.40. The predicted octanol–water partition coefficient (Wildman–Crippen LogP) is 5.61. The predicted molar refractivity (Wildman–Crippen MR) is 120 cm³/mol. The molecule has 0 N–H and O–H groups in total. The summed E-state index contributed by atoms with van der Waals surface area (Å²) >= 11 is 8.99. The fourth-order valence-corrected chi connectivity index (χ4v) is 4.81. The Morgan fingerprint density at radius 1 is 1.21 bits per heavy atom. The smallest absolute Gasteiger partial charge is 0.301 e. The van der Waals surface area contributed by atoms with Gasteiger partial charge in [0.1, 0.15) is 10.7 Å². The maximum absolute atomic E-state index is 13.0. The third-order valence-corrected chi connectivity index (χ3v) is 6.55. The fraction of sp³-hybridized carbons (Fsp3) is 0.286. The molecule has 1 aromatic carbocycles. The molecule has 0 atom stereocenters. The van der Waals surface area contributed by atoms with E-state index in [1.165, 1.54) is 22.7 Å². The average molecular weight is 446 g/mol. The molecule has 0 amide bonds. The van der Waals surface area contributed by atoms with Crippen LogP contribution in [0.2, 0.25) is 5.02 Å². The zero-order valence-electron chi connectivity index (χ0n) is 16.1. The van der Waals surface area contributed by atoms with E-state index in [0.717, 1.165) is 39.6 Å². The van der Waals surface area contributed by atoms with Crippen molar-refractivity contribution in [3.8, 4) is 16.5 Å². The largest absolute Gasteiger partial charge is 0.486 e. The van der Waals surface area contributed by atoms with E-state index in [9.17, 15) is 4.79 Å². The first kappa shape index (κ1) is 20.1. The third kappa shape index (κ3) is 4.37. The molecule has 0 spiro atoms. The molecule has 0 unspecified atom stereocenters. The van der Waals surface area contributed by atoms with Crippen LogP contribution in [0.25, 0.3) is 15.7 Å². The number of hydrogen-bond acceptors (Lipinski definition) is 6. The minimum atomic E-state index is -0.181. The van der Waals surface area contributed by atoms with Crippen molar-refractivity contribution < 1.29 is 4.74 Å². The topological polar surface area (TPSA) is 56.5 Å². The quantitative estimate of drug-likeness (QED) is 0.347. The first-order chi connectivity index (χ1) is 14.0. The second-order valence-corrected chi connectivity index (χ2v) is 9.49. The van der Waals surface area contributed by atoms with Gasteiger partial charge in [-0.1, -0.05) is 37.1 Å². The van der Waals surface area contributed by atoms with Gasteiger partial charge in [-0.2, -0.15) is 0 Å². The van der Waals surface area contributed by atoms with E-state index in [1.807, 2.05) is 37.4 Å². The van der Waals surface area contributed by atoms with Gasteiger partial charge in [0.2, 0.25) is 5.75 Å². The molecule has 3 heterocycles. The van der Waals surface area contributed by atoms with E-state index in [-0.39, 0.29) is 11.3 Å². The summed E-state index contributed by atoms with van der Waals surface area (Å²) in [6, 6.07) is 7.78. The Kier molecular flexibility index (Phi) is 5.99. The van der Waals surface area contributed by atoms with Crippen LogP contribution < -0.4 is 10.3 Å². The van der Waals surface area contributed by atoms with Crippen LogP contribution in [0, 0.1) is 6.92 Å². The van der Waals surface area contributed by atoms with Gasteiger partial charge in [-0.15, -0.1) is 22.7 Å². The van der Waals surface area contributed by atoms with Crippen LogP contribution in [0.3, 0.4) is 0 Å². The lowest BCUT2D eigenvalue weighted by Crippen LogP contribution is -2.18. The van der Waals surface area contributed by atoms with Crippen LogP contribution in [0.1, 0.15) is 35.1 Å². The number of aromatic nitrogens is 3. The molecule has 0 saturated carbocycles.